The van der Waals surface area contributed by atoms with Gasteiger partial charge in [-0.25, -0.2) is 10.8 Å². The number of halogens is 1. The van der Waals surface area contributed by atoms with Crippen molar-refractivity contribution in [2.75, 3.05) is 12.0 Å². The van der Waals surface area contributed by atoms with Crippen molar-refractivity contribution >= 4 is 27.7 Å². The lowest BCUT2D eigenvalue weighted by Gasteiger charge is -2.35. The van der Waals surface area contributed by atoms with Crippen molar-refractivity contribution in [3.05, 3.63) is 22.3 Å². The first-order valence-corrected chi connectivity index (χ1v) is 6.98. The maximum atomic E-state index is 12.1. The third-order valence-electron chi connectivity index (χ3n) is 3.07. The summed E-state index contributed by atoms with van der Waals surface area (Å²) in [6.07, 6.45) is 3.56. The number of carbonyl (C=O) groups excluding carboxylic acids is 1. The number of aromatic nitrogens is 1. The highest BCUT2D eigenvalue weighted by Gasteiger charge is 2.31. The summed E-state index contributed by atoms with van der Waals surface area (Å²) in [5.41, 5.74) is 2.85. The normalized spacial score (nSPS) is 21.6. The monoisotopic (exact) mass is 328 g/mol. The molecule has 104 valence electrons. The lowest BCUT2D eigenvalue weighted by Crippen LogP contribution is -2.48. The van der Waals surface area contributed by atoms with Crippen LogP contribution in [0.3, 0.4) is 0 Å². The summed E-state index contributed by atoms with van der Waals surface area (Å²) >= 11 is 3.29. The summed E-state index contributed by atoms with van der Waals surface area (Å²) in [5.74, 6) is 5.53. The highest BCUT2D eigenvalue weighted by Crippen LogP contribution is 2.24. The van der Waals surface area contributed by atoms with Crippen molar-refractivity contribution in [3.63, 3.8) is 0 Å². The van der Waals surface area contributed by atoms with Crippen LogP contribution in [-0.2, 0) is 4.74 Å². The molecule has 2 rings (SSSR count). The van der Waals surface area contributed by atoms with Gasteiger partial charge in [-0.05, 0) is 41.8 Å². The van der Waals surface area contributed by atoms with Gasteiger partial charge in [-0.3, -0.25) is 4.79 Å². The minimum Gasteiger partial charge on any atom is -0.378 e. The fraction of sp³-hybridized carbons (Fsp3) is 0.500. The zero-order chi connectivity index (χ0) is 13.8. The number of hydrazine groups is 1. The number of amides is 1. The molecule has 0 saturated heterocycles. The first-order chi connectivity index (χ1) is 9.13. The molecule has 1 aliphatic carbocycles. The molecule has 1 aromatic rings. The molecular formula is C12H17BrN4O2. The van der Waals surface area contributed by atoms with Crippen LogP contribution in [0.25, 0.3) is 0 Å². The number of nitrogens with two attached hydrogens (primary N) is 1. The summed E-state index contributed by atoms with van der Waals surface area (Å²) < 4.78 is 6.19. The standard InChI is InChI=1S/C12H17BrN4O2/c1-2-19-9-4-8(5-9)16-12(18)10-3-7(13)6-15-11(10)17-14/h3,6,8-9H,2,4-5,14H2,1H3,(H,15,17)(H,16,18). The summed E-state index contributed by atoms with van der Waals surface area (Å²) in [4.78, 5) is 16.2. The number of carbonyl (C=O) groups is 1. The number of hydrogen-bond donors (Lipinski definition) is 3. The molecule has 0 atom stereocenters. The van der Waals surface area contributed by atoms with Crippen molar-refractivity contribution in [1.82, 2.24) is 10.3 Å². The van der Waals surface area contributed by atoms with Crippen molar-refractivity contribution in [2.24, 2.45) is 5.84 Å². The van der Waals surface area contributed by atoms with Crippen LogP contribution in [0.1, 0.15) is 30.1 Å². The maximum absolute atomic E-state index is 12.1. The number of ether oxygens (including phenoxy) is 1. The fourth-order valence-corrected chi connectivity index (χ4v) is 2.38. The Hall–Kier alpha value is -1.18. The van der Waals surface area contributed by atoms with E-state index in [0.29, 0.717) is 18.0 Å². The second kappa shape index (κ2) is 6.31. The number of hydrogen-bond acceptors (Lipinski definition) is 5. The van der Waals surface area contributed by atoms with Gasteiger partial charge in [0.2, 0.25) is 0 Å². The van der Waals surface area contributed by atoms with Crippen LogP contribution >= 0.6 is 15.9 Å². The largest absolute Gasteiger partial charge is 0.378 e. The molecule has 0 bridgehead atoms. The summed E-state index contributed by atoms with van der Waals surface area (Å²) in [7, 11) is 0. The highest BCUT2D eigenvalue weighted by atomic mass is 79.9. The molecule has 1 fully saturated rings. The molecule has 0 spiro atoms. The number of anilines is 1. The van der Waals surface area contributed by atoms with E-state index in [-0.39, 0.29) is 18.1 Å². The predicted molar refractivity (Wildman–Crippen MR) is 75.6 cm³/mol. The molecular weight excluding hydrogens is 312 g/mol. The SMILES string of the molecule is CCOC1CC(NC(=O)c2cc(Br)cnc2NN)C1. The lowest BCUT2D eigenvalue weighted by atomic mass is 9.89. The molecule has 7 heteroatoms. The number of pyridine rings is 1. The van der Waals surface area contributed by atoms with Gasteiger partial charge in [0.15, 0.2) is 5.82 Å². The Labute approximate surface area is 120 Å². The minimum absolute atomic E-state index is 0.161. The zero-order valence-corrected chi connectivity index (χ0v) is 12.2. The van der Waals surface area contributed by atoms with Crippen LogP contribution in [0.15, 0.2) is 16.7 Å². The maximum Gasteiger partial charge on any atom is 0.255 e. The summed E-state index contributed by atoms with van der Waals surface area (Å²) in [5, 5.41) is 2.95. The van der Waals surface area contributed by atoms with Crippen molar-refractivity contribution in [3.8, 4) is 0 Å². The highest BCUT2D eigenvalue weighted by molar-refractivity contribution is 9.10. The molecule has 0 radical (unpaired) electrons. The second-order valence-corrected chi connectivity index (χ2v) is 5.33. The van der Waals surface area contributed by atoms with Gasteiger partial charge in [-0.15, -0.1) is 0 Å². The third-order valence-corrected chi connectivity index (χ3v) is 3.50. The molecule has 0 aliphatic heterocycles. The van der Waals surface area contributed by atoms with Gasteiger partial charge in [0.1, 0.15) is 0 Å². The molecule has 1 amide bonds. The van der Waals surface area contributed by atoms with Crippen LogP contribution in [0.2, 0.25) is 0 Å². The van der Waals surface area contributed by atoms with E-state index in [1.807, 2.05) is 6.92 Å². The molecule has 0 aromatic carbocycles. The van der Waals surface area contributed by atoms with Crippen LogP contribution in [0, 0.1) is 0 Å². The van der Waals surface area contributed by atoms with Crippen LogP contribution in [-0.4, -0.2) is 29.6 Å². The van der Waals surface area contributed by atoms with Gasteiger partial charge in [0.05, 0.1) is 11.7 Å². The molecule has 4 N–H and O–H groups in total. The quantitative estimate of drug-likeness (QED) is 0.562. The Balaban J connectivity index is 1.95. The molecule has 1 aliphatic rings. The van der Waals surface area contributed by atoms with E-state index < -0.39 is 0 Å². The molecule has 6 nitrogen and oxygen atoms in total. The van der Waals surface area contributed by atoms with E-state index in [9.17, 15) is 4.79 Å². The van der Waals surface area contributed by atoms with E-state index >= 15 is 0 Å². The summed E-state index contributed by atoms with van der Waals surface area (Å²) in [6, 6.07) is 1.85. The number of nitrogen functional groups attached to an aromatic ring is 1. The predicted octanol–water partition coefficient (Wildman–Crippen LogP) is 1.43. The van der Waals surface area contributed by atoms with Crippen LogP contribution in [0.5, 0.6) is 0 Å². The van der Waals surface area contributed by atoms with E-state index in [2.05, 4.69) is 31.7 Å². The Morgan fingerprint density at radius 1 is 1.63 bits per heavy atom. The van der Waals surface area contributed by atoms with Gasteiger partial charge in [-0.1, -0.05) is 0 Å². The van der Waals surface area contributed by atoms with Crippen LogP contribution in [0.4, 0.5) is 5.82 Å². The van der Waals surface area contributed by atoms with Crippen molar-refractivity contribution in [2.45, 2.75) is 31.9 Å². The summed E-state index contributed by atoms with van der Waals surface area (Å²) in [6.45, 7) is 2.68. The second-order valence-electron chi connectivity index (χ2n) is 4.41. The van der Waals surface area contributed by atoms with Gasteiger partial charge in [0.25, 0.3) is 5.91 Å². The first-order valence-electron chi connectivity index (χ1n) is 6.18. The van der Waals surface area contributed by atoms with E-state index in [4.69, 9.17) is 10.6 Å². The first kappa shape index (κ1) is 14.2. The molecule has 1 heterocycles. The van der Waals surface area contributed by atoms with Gasteiger partial charge >= 0.3 is 0 Å². The van der Waals surface area contributed by atoms with E-state index in [0.717, 1.165) is 17.3 Å². The number of rotatable bonds is 5. The molecule has 1 aromatic heterocycles. The van der Waals surface area contributed by atoms with Crippen molar-refractivity contribution < 1.29 is 9.53 Å². The lowest BCUT2D eigenvalue weighted by molar-refractivity contribution is -0.00862. The fourth-order valence-electron chi connectivity index (χ4n) is 2.05. The Morgan fingerprint density at radius 2 is 2.37 bits per heavy atom. The Morgan fingerprint density at radius 3 is 3.00 bits per heavy atom. The molecule has 19 heavy (non-hydrogen) atoms. The van der Waals surface area contributed by atoms with Crippen LogP contribution < -0.4 is 16.6 Å². The smallest absolute Gasteiger partial charge is 0.255 e. The third kappa shape index (κ3) is 3.43. The van der Waals surface area contributed by atoms with Crippen molar-refractivity contribution in [1.29, 1.82) is 0 Å². The van der Waals surface area contributed by atoms with E-state index in [1.54, 1.807) is 12.3 Å². The average Bonchev–Trinajstić information content (AvgIpc) is 2.36. The zero-order valence-electron chi connectivity index (χ0n) is 10.6. The average molecular weight is 329 g/mol. The topological polar surface area (TPSA) is 89.3 Å². The van der Waals surface area contributed by atoms with Gasteiger partial charge < -0.3 is 15.5 Å². The van der Waals surface area contributed by atoms with E-state index in [1.165, 1.54) is 0 Å². The Bertz CT molecular complexity index is 463. The number of nitrogens with zero attached hydrogens (tertiary/aromatic N) is 1. The van der Waals surface area contributed by atoms with Gasteiger partial charge in [-0.2, -0.15) is 0 Å². The Kier molecular flexibility index (Phi) is 4.73. The molecule has 1 saturated carbocycles. The molecule has 0 unspecified atom stereocenters. The van der Waals surface area contributed by atoms with Gasteiger partial charge in [0, 0.05) is 23.3 Å². The number of nitrogens with one attached hydrogen (secondary N) is 2. The minimum atomic E-state index is -0.179.